The number of aryl methyl sites for hydroxylation is 2. The number of ether oxygens (including phenoxy) is 2. The zero-order valence-corrected chi connectivity index (χ0v) is 23.8. The van der Waals surface area contributed by atoms with Crippen LogP contribution in [-0.4, -0.2) is 38.5 Å². The Bertz CT molecular complexity index is 1770. The molecule has 5 aromatic rings. The topological polar surface area (TPSA) is 121 Å². The van der Waals surface area contributed by atoms with Gasteiger partial charge in [0.1, 0.15) is 22.9 Å². The molecule has 0 bridgehead atoms. The number of rotatable bonds is 6. The molecule has 0 saturated carbocycles. The molecule has 0 saturated heterocycles. The predicted molar refractivity (Wildman–Crippen MR) is 156 cm³/mol. The third-order valence-corrected chi connectivity index (χ3v) is 6.47. The van der Waals surface area contributed by atoms with Gasteiger partial charge in [-0.2, -0.15) is 0 Å². The third-order valence-electron chi connectivity index (χ3n) is 6.47. The van der Waals surface area contributed by atoms with Gasteiger partial charge in [-0.15, -0.1) is 0 Å². The molecule has 1 amide bonds. The Morgan fingerprint density at radius 3 is 2.44 bits per heavy atom. The zero-order chi connectivity index (χ0) is 29.3. The smallest absolute Gasteiger partial charge is 0.413 e. The Morgan fingerprint density at radius 2 is 1.83 bits per heavy atom. The van der Waals surface area contributed by atoms with Crippen LogP contribution in [0.2, 0.25) is 0 Å². The Kier molecular flexibility index (Phi) is 7.32. The number of pyridine rings is 3. The van der Waals surface area contributed by atoms with Crippen molar-refractivity contribution in [1.29, 1.82) is 0 Å². The summed E-state index contributed by atoms with van der Waals surface area (Å²) in [5.74, 6) is 1.57. The van der Waals surface area contributed by atoms with E-state index in [4.69, 9.17) is 14.0 Å². The van der Waals surface area contributed by atoms with E-state index >= 15 is 0 Å². The Balaban J connectivity index is 1.65. The molecule has 4 heterocycles. The lowest BCUT2D eigenvalue weighted by molar-refractivity contribution is 0.0635. The summed E-state index contributed by atoms with van der Waals surface area (Å²) in [6, 6.07) is 14.6. The van der Waals surface area contributed by atoms with Gasteiger partial charge in [0.15, 0.2) is 0 Å². The molecule has 0 aliphatic heterocycles. The van der Waals surface area contributed by atoms with Crippen LogP contribution in [0, 0.1) is 13.8 Å². The number of fused-ring (bicyclic) bond motifs is 1. The van der Waals surface area contributed by atoms with Crippen molar-refractivity contribution in [2.75, 3.05) is 12.4 Å². The summed E-state index contributed by atoms with van der Waals surface area (Å²) >= 11 is 0. The average molecular weight is 554 g/mol. The lowest BCUT2D eigenvalue weighted by atomic mass is 9.98. The number of amides is 1. The van der Waals surface area contributed by atoms with Crippen molar-refractivity contribution < 1.29 is 18.8 Å². The van der Waals surface area contributed by atoms with Crippen molar-refractivity contribution in [3.05, 3.63) is 88.4 Å². The summed E-state index contributed by atoms with van der Waals surface area (Å²) in [7, 11) is 1.59. The molecule has 0 aliphatic carbocycles. The van der Waals surface area contributed by atoms with Crippen LogP contribution < -0.4 is 15.6 Å². The van der Waals surface area contributed by atoms with Crippen LogP contribution in [0.5, 0.6) is 5.75 Å². The lowest BCUT2D eigenvalue weighted by Crippen LogP contribution is -2.27. The van der Waals surface area contributed by atoms with E-state index in [9.17, 15) is 9.59 Å². The first-order valence-electron chi connectivity index (χ1n) is 13.1. The maximum atomic E-state index is 14.0. The molecule has 5 rings (SSSR count). The van der Waals surface area contributed by atoms with E-state index in [1.807, 2.05) is 50.2 Å². The molecule has 210 valence electrons. The zero-order valence-electron chi connectivity index (χ0n) is 23.8. The van der Waals surface area contributed by atoms with E-state index in [1.165, 1.54) is 0 Å². The molecule has 0 radical (unpaired) electrons. The van der Waals surface area contributed by atoms with Crippen LogP contribution in [0.4, 0.5) is 10.6 Å². The van der Waals surface area contributed by atoms with Crippen molar-refractivity contribution in [2.45, 2.75) is 46.8 Å². The second-order valence-corrected chi connectivity index (χ2v) is 10.6. The fourth-order valence-electron chi connectivity index (χ4n) is 4.69. The van der Waals surface area contributed by atoms with Crippen LogP contribution in [0.15, 0.2) is 70.2 Å². The van der Waals surface area contributed by atoms with Gasteiger partial charge < -0.3 is 18.6 Å². The van der Waals surface area contributed by atoms with Crippen LogP contribution >= 0.6 is 0 Å². The minimum atomic E-state index is -0.640. The van der Waals surface area contributed by atoms with Gasteiger partial charge in [-0.1, -0.05) is 11.2 Å². The molecule has 0 spiro atoms. The molecule has 4 aromatic heterocycles. The van der Waals surface area contributed by atoms with Crippen molar-refractivity contribution >= 4 is 22.8 Å². The van der Waals surface area contributed by atoms with Crippen molar-refractivity contribution in [3.63, 3.8) is 0 Å². The van der Waals surface area contributed by atoms with Crippen LogP contribution in [0.25, 0.3) is 33.2 Å². The van der Waals surface area contributed by atoms with Crippen LogP contribution in [0.3, 0.4) is 0 Å². The van der Waals surface area contributed by atoms with E-state index in [2.05, 4.69) is 20.4 Å². The molecular formula is C31H31N5O5. The molecule has 0 unspecified atom stereocenters. The fourth-order valence-corrected chi connectivity index (χ4v) is 4.69. The van der Waals surface area contributed by atoms with E-state index in [-0.39, 0.29) is 12.1 Å². The number of hydrogen-bond donors (Lipinski definition) is 1. The maximum Gasteiger partial charge on any atom is 0.413 e. The number of anilines is 1. The highest BCUT2D eigenvalue weighted by Gasteiger charge is 2.21. The molecule has 1 aromatic carbocycles. The summed E-state index contributed by atoms with van der Waals surface area (Å²) in [6.07, 6.45) is 2.64. The molecule has 10 heteroatoms. The summed E-state index contributed by atoms with van der Waals surface area (Å²) in [4.78, 5) is 35.0. The standard InChI is InChI=1S/C31H31N5O5/c1-18-28(19(2)41-35-18)24-14-21-13-23(20-10-11-27(33-16-20)34-30(38)40-31(3,4)5)29(37)36(25(21)15-26(24)39-6)17-22-9-7-8-12-32-22/h7-16H,17H2,1-6H3,(H,33,34,38). The Labute approximate surface area is 237 Å². The molecule has 1 N–H and O–H groups in total. The van der Waals surface area contributed by atoms with Gasteiger partial charge >= 0.3 is 6.09 Å². The number of aromatic nitrogens is 4. The number of benzene rings is 1. The van der Waals surface area contributed by atoms with E-state index < -0.39 is 11.7 Å². The molecule has 10 nitrogen and oxygen atoms in total. The summed E-state index contributed by atoms with van der Waals surface area (Å²) in [5.41, 5.74) is 3.98. The minimum absolute atomic E-state index is 0.218. The first-order valence-corrected chi connectivity index (χ1v) is 13.1. The minimum Gasteiger partial charge on any atom is -0.496 e. The normalized spacial score (nSPS) is 11.5. The van der Waals surface area contributed by atoms with Gasteiger partial charge in [-0.25, -0.2) is 9.78 Å². The highest BCUT2D eigenvalue weighted by Crippen LogP contribution is 2.38. The number of carbonyl (C=O) groups is 1. The maximum absolute atomic E-state index is 14.0. The number of nitrogens with one attached hydrogen (secondary N) is 1. The third kappa shape index (κ3) is 5.81. The highest BCUT2D eigenvalue weighted by molar-refractivity contribution is 5.92. The number of hydrogen-bond acceptors (Lipinski definition) is 8. The van der Waals surface area contributed by atoms with Crippen molar-refractivity contribution in [3.8, 4) is 28.0 Å². The average Bonchev–Trinajstić information content (AvgIpc) is 3.26. The highest BCUT2D eigenvalue weighted by atomic mass is 16.6. The van der Waals surface area contributed by atoms with Gasteiger partial charge in [0.2, 0.25) is 0 Å². The van der Waals surface area contributed by atoms with Gasteiger partial charge in [0.05, 0.1) is 36.1 Å². The lowest BCUT2D eigenvalue weighted by Gasteiger charge is -2.19. The van der Waals surface area contributed by atoms with Crippen LogP contribution in [0.1, 0.15) is 37.9 Å². The molecule has 41 heavy (non-hydrogen) atoms. The Hall–Kier alpha value is -4.99. The van der Waals surface area contributed by atoms with E-state index in [0.717, 1.165) is 27.9 Å². The van der Waals surface area contributed by atoms with E-state index in [1.54, 1.807) is 57.0 Å². The number of nitrogens with zero attached hydrogens (tertiary/aromatic N) is 4. The predicted octanol–water partition coefficient (Wildman–Crippen LogP) is 6.13. The van der Waals surface area contributed by atoms with Gasteiger partial charge in [-0.3, -0.25) is 15.1 Å². The quantitative estimate of drug-likeness (QED) is 0.266. The summed E-state index contributed by atoms with van der Waals surface area (Å²) in [6.45, 7) is 9.33. The SMILES string of the molecule is COc1cc2c(cc1-c1c(C)noc1C)cc(-c1ccc(NC(=O)OC(C)(C)C)nc1)c(=O)n2Cc1ccccn1. The Morgan fingerprint density at radius 1 is 1.05 bits per heavy atom. The van der Waals surface area contributed by atoms with Gasteiger partial charge in [-0.05, 0) is 76.4 Å². The number of carbonyl (C=O) groups excluding carboxylic acids is 1. The van der Waals surface area contributed by atoms with Crippen molar-refractivity contribution in [1.82, 2.24) is 19.7 Å². The summed E-state index contributed by atoms with van der Waals surface area (Å²) in [5, 5.41) is 7.53. The second kappa shape index (κ2) is 10.9. The number of methoxy groups -OCH3 is 1. The molecule has 0 atom stereocenters. The largest absolute Gasteiger partial charge is 0.496 e. The molecule has 0 fully saturated rings. The first kappa shape index (κ1) is 27.6. The van der Waals surface area contributed by atoms with E-state index in [0.29, 0.717) is 34.0 Å². The van der Waals surface area contributed by atoms with Crippen LogP contribution in [-0.2, 0) is 11.3 Å². The fraction of sp³-hybridized carbons (Fsp3) is 0.258. The first-order chi connectivity index (χ1) is 19.5. The van der Waals surface area contributed by atoms with Gasteiger partial charge in [0.25, 0.3) is 5.56 Å². The monoisotopic (exact) mass is 553 g/mol. The molecular weight excluding hydrogens is 522 g/mol. The van der Waals surface area contributed by atoms with Crippen molar-refractivity contribution in [2.24, 2.45) is 0 Å². The molecule has 0 aliphatic rings. The van der Waals surface area contributed by atoms with Gasteiger partial charge in [0, 0.05) is 35.2 Å². The second-order valence-electron chi connectivity index (χ2n) is 10.6. The summed E-state index contributed by atoms with van der Waals surface area (Å²) < 4.78 is 18.2.